The third-order valence-electron chi connectivity index (χ3n) is 2.00. The zero-order chi connectivity index (χ0) is 10.0. The summed E-state index contributed by atoms with van der Waals surface area (Å²) in [6, 6.07) is -1.28. The highest BCUT2D eigenvalue weighted by Gasteiger charge is 2.43. The van der Waals surface area contributed by atoms with Crippen LogP contribution in [0.1, 0.15) is 6.42 Å². The Morgan fingerprint density at radius 2 is 2.15 bits per heavy atom. The van der Waals surface area contributed by atoms with E-state index in [1.54, 1.807) is 0 Å². The van der Waals surface area contributed by atoms with Crippen molar-refractivity contribution in [2.45, 2.75) is 31.0 Å². The summed E-state index contributed by atoms with van der Waals surface area (Å²) in [4.78, 5) is 9.69. The van der Waals surface area contributed by atoms with E-state index in [0.29, 0.717) is 0 Å². The maximum absolute atomic E-state index is 10.4. The molecule has 7 heteroatoms. The molecule has 76 valence electrons. The summed E-state index contributed by atoms with van der Waals surface area (Å²) >= 11 is 0. The first-order valence-corrected chi connectivity index (χ1v) is 3.82. The molecule has 0 bridgehead atoms. The Labute approximate surface area is 73.7 Å². The fourth-order valence-corrected chi connectivity index (χ4v) is 1.26. The quantitative estimate of drug-likeness (QED) is 0.348. The molecule has 0 radical (unpaired) electrons. The minimum atomic E-state index is -1.60. The van der Waals surface area contributed by atoms with Gasteiger partial charge in [0.2, 0.25) is 6.04 Å². The van der Waals surface area contributed by atoms with Crippen LogP contribution in [0.2, 0.25) is 0 Å². The zero-order valence-electron chi connectivity index (χ0n) is 6.74. The van der Waals surface area contributed by atoms with Crippen molar-refractivity contribution < 1.29 is 25.0 Å². The smallest absolute Gasteiger partial charge is 0.246 e. The average molecular weight is 193 g/mol. The Balaban J connectivity index is 2.66. The summed E-state index contributed by atoms with van der Waals surface area (Å²) in [6.45, 7) is -0.409. The van der Waals surface area contributed by atoms with Crippen molar-refractivity contribution in [1.82, 2.24) is 0 Å². The highest BCUT2D eigenvalue weighted by atomic mass is 16.6. The van der Waals surface area contributed by atoms with Gasteiger partial charge in [-0.2, -0.15) is 0 Å². The van der Waals surface area contributed by atoms with Gasteiger partial charge in [-0.15, -0.1) is 0 Å². The number of ether oxygens (including phenoxy) is 1. The monoisotopic (exact) mass is 193 g/mol. The largest absolute Gasteiger partial charge is 0.394 e. The van der Waals surface area contributed by atoms with Crippen LogP contribution in [0.5, 0.6) is 0 Å². The van der Waals surface area contributed by atoms with Crippen LogP contribution in [0, 0.1) is 10.1 Å². The van der Waals surface area contributed by atoms with E-state index >= 15 is 0 Å². The standard InChI is InChI=1S/C6H11NO6/c8-2-3-1-4(7(11)12)5(9)6(10)13-3/h3-6,8-10H,1-2H2/t3-,4+,5-,6+/m1/s1. The molecule has 3 N–H and O–H groups in total. The molecule has 1 heterocycles. The summed E-state index contributed by atoms with van der Waals surface area (Å²) in [5.74, 6) is 0. The normalized spacial score (nSPS) is 40.2. The van der Waals surface area contributed by atoms with Crippen LogP contribution in [-0.4, -0.2) is 51.4 Å². The van der Waals surface area contributed by atoms with E-state index in [-0.39, 0.29) is 6.42 Å². The van der Waals surface area contributed by atoms with Gasteiger partial charge in [-0.25, -0.2) is 0 Å². The number of nitrogens with zero attached hydrogens (tertiary/aromatic N) is 1. The van der Waals surface area contributed by atoms with E-state index in [2.05, 4.69) is 4.74 Å². The molecule has 1 aliphatic rings. The van der Waals surface area contributed by atoms with Gasteiger partial charge in [0.05, 0.1) is 12.7 Å². The molecular formula is C6H11NO6. The lowest BCUT2D eigenvalue weighted by molar-refractivity contribution is -0.551. The van der Waals surface area contributed by atoms with Crippen molar-refractivity contribution in [3.05, 3.63) is 10.1 Å². The van der Waals surface area contributed by atoms with Gasteiger partial charge in [0.1, 0.15) is 0 Å². The third-order valence-corrected chi connectivity index (χ3v) is 2.00. The lowest BCUT2D eigenvalue weighted by Gasteiger charge is -2.31. The third kappa shape index (κ3) is 2.13. The van der Waals surface area contributed by atoms with Gasteiger partial charge in [-0.1, -0.05) is 0 Å². The predicted octanol–water partition coefficient (Wildman–Crippen LogP) is -1.91. The number of rotatable bonds is 2. The van der Waals surface area contributed by atoms with Crippen LogP contribution in [0.25, 0.3) is 0 Å². The van der Waals surface area contributed by atoms with Gasteiger partial charge >= 0.3 is 0 Å². The molecule has 0 unspecified atom stereocenters. The van der Waals surface area contributed by atoms with Crippen LogP contribution < -0.4 is 0 Å². The van der Waals surface area contributed by atoms with Crippen molar-refractivity contribution in [2.24, 2.45) is 0 Å². The van der Waals surface area contributed by atoms with Gasteiger partial charge in [0, 0.05) is 11.3 Å². The number of hydrogen-bond donors (Lipinski definition) is 3. The molecule has 0 aromatic heterocycles. The van der Waals surface area contributed by atoms with Crippen LogP contribution in [0.15, 0.2) is 0 Å². The highest BCUT2D eigenvalue weighted by Crippen LogP contribution is 2.20. The molecule has 1 saturated heterocycles. The Morgan fingerprint density at radius 1 is 1.54 bits per heavy atom. The molecule has 1 fully saturated rings. The van der Waals surface area contributed by atoms with E-state index in [0.717, 1.165) is 0 Å². The molecule has 0 aliphatic carbocycles. The molecule has 0 aromatic rings. The van der Waals surface area contributed by atoms with E-state index in [1.807, 2.05) is 0 Å². The summed E-state index contributed by atoms with van der Waals surface area (Å²) in [6.07, 6.45) is -4.00. The Hall–Kier alpha value is -0.760. The summed E-state index contributed by atoms with van der Waals surface area (Å²) < 4.78 is 4.68. The summed E-state index contributed by atoms with van der Waals surface area (Å²) in [5.41, 5.74) is 0. The molecule has 4 atom stereocenters. The molecule has 0 spiro atoms. The van der Waals surface area contributed by atoms with Crippen LogP contribution in [0.4, 0.5) is 0 Å². The summed E-state index contributed by atoms with van der Waals surface area (Å²) in [7, 11) is 0. The Kier molecular flexibility index (Phi) is 3.15. The lowest BCUT2D eigenvalue weighted by Crippen LogP contribution is -2.52. The van der Waals surface area contributed by atoms with Crippen molar-refractivity contribution in [3.8, 4) is 0 Å². The highest BCUT2D eigenvalue weighted by molar-refractivity contribution is 4.80. The first-order chi connectivity index (χ1) is 6.06. The number of hydrogen-bond acceptors (Lipinski definition) is 6. The second-order valence-electron chi connectivity index (χ2n) is 2.91. The van der Waals surface area contributed by atoms with Crippen molar-refractivity contribution >= 4 is 0 Å². The van der Waals surface area contributed by atoms with Crippen LogP contribution in [0.3, 0.4) is 0 Å². The molecule has 1 aliphatic heterocycles. The van der Waals surface area contributed by atoms with Gasteiger partial charge < -0.3 is 20.1 Å². The minimum absolute atomic E-state index is 0.0955. The van der Waals surface area contributed by atoms with Gasteiger partial charge in [-0.05, 0) is 0 Å². The maximum atomic E-state index is 10.4. The van der Waals surface area contributed by atoms with Gasteiger partial charge in [0.15, 0.2) is 12.4 Å². The second-order valence-corrected chi connectivity index (χ2v) is 2.91. The fraction of sp³-hybridized carbons (Fsp3) is 1.00. The zero-order valence-corrected chi connectivity index (χ0v) is 6.74. The molecule has 13 heavy (non-hydrogen) atoms. The maximum Gasteiger partial charge on any atom is 0.246 e. The number of aliphatic hydroxyl groups excluding tert-OH is 3. The number of nitro groups is 1. The Morgan fingerprint density at radius 3 is 2.62 bits per heavy atom. The molecule has 0 amide bonds. The molecule has 7 nitrogen and oxygen atoms in total. The number of aliphatic hydroxyl groups is 3. The first kappa shape index (κ1) is 10.3. The average Bonchev–Trinajstić information content (AvgIpc) is 2.09. The lowest BCUT2D eigenvalue weighted by atomic mass is 10.0. The summed E-state index contributed by atoms with van der Waals surface area (Å²) in [5, 5.41) is 37.2. The predicted molar refractivity (Wildman–Crippen MR) is 39.4 cm³/mol. The van der Waals surface area contributed by atoms with E-state index < -0.39 is 36.1 Å². The SMILES string of the molecule is O=[N+]([O-])[C@H]1C[C@H](CO)O[C@H](O)[C@@H]1O. The Bertz CT molecular complexity index is 198. The van der Waals surface area contributed by atoms with Gasteiger partial charge in [-0.3, -0.25) is 10.1 Å². The molecule has 1 rings (SSSR count). The van der Waals surface area contributed by atoms with Crippen molar-refractivity contribution in [3.63, 3.8) is 0 Å². The van der Waals surface area contributed by atoms with E-state index in [1.165, 1.54) is 0 Å². The van der Waals surface area contributed by atoms with Crippen LogP contribution in [-0.2, 0) is 4.74 Å². The second kappa shape index (κ2) is 3.97. The first-order valence-electron chi connectivity index (χ1n) is 3.82. The van der Waals surface area contributed by atoms with E-state index in [9.17, 15) is 10.1 Å². The van der Waals surface area contributed by atoms with Crippen LogP contribution >= 0.6 is 0 Å². The molecular weight excluding hydrogens is 182 g/mol. The fourth-order valence-electron chi connectivity index (χ4n) is 1.26. The molecule has 0 aromatic carbocycles. The molecule has 0 saturated carbocycles. The van der Waals surface area contributed by atoms with E-state index in [4.69, 9.17) is 15.3 Å². The van der Waals surface area contributed by atoms with Crippen molar-refractivity contribution in [2.75, 3.05) is 6.61 Å². The topological polar surface area (TPSA) is 113 Å². The van der Waals surface area contributed by atoms with Crippen molar-refractivity contribution in [1.29, 1.82) is 0 Å². The minimum Gasteiger partial charge on any atom is -0.394 e. The van der Waals surface area contributed by atoms with Gasteiger partial charge in [0.25, 0.3) is 0 Å².